The van der Waals surface area contributed by atoms with Crippen LogP contribution >= 0.6 is 0 Å². The minimum absolute atomic E-state index is 0.0208. The first-order valence-corrected chi connectivity index (χ1v) is 9.07. The maximum Gasteiger partial charge on any atom is 0.293 e. The van der Waals surface area contributed by atoms with E-state index in [1.807, 2.05) is 13.8 Å². The summed E-state index contributed by atoms with van der Waals surface area (Å²) in [6.07, 6.45) is 0.985. The highest BCUT2D eigenvalue weighted by Gasteiger charge is 2.18. The van der Waals surface area contributed by atoms with Gasteiger partial charge in [-0.15, -0.1) is 0 Å². The fourth-order valence-corrected chi connectivity index (χ4v) is 2.97. The Morgan fingerprint density at radius 1 is 1.22 bits per heavy atom. The maximum atomic E-state index is 14.0. The largest absolute Gasteiger partial charge is 0.370 e. The highest BCUT2D eigenvalue weighted by molar-refractivity contribution is 6.02. The summed E-state index contributed by atoms with van der Waals surface area (Å²) in [5, 5.41) is 5.89. The first-order valence-electron chi connectivity index (χ1n) is 9.07. The third kappa shape index (κ3) is 4.58. The van der Waals surface area contributed by atoms with Crippen molar-refractivity contribution in [3.8, 4) is 0 Å². The van der Waals surface area contributed by atoms with E-state index in [9.17, 15) is 9.18 Å². The molecule has 0 radical (unpaired) electrons. The van der Waals surface area contributed by atoms with Crippen molar-refractivity contribution in [3.05, 3.63) is 46.7 Å². The summed E-state index contributed by atoms with van der Waals surface area (Å²) in [6.45, 7) is 8.12. The molecule has 27 heavy (non-hydrogen) atoms. The van der Waals surface area contributed by atoms with Crippen LogP contribution in [0.4, 0.5) is 15.9 Å². The fourth-order valence-electron chi connectivity index (χ4n) is 2.97. The van der Waals surface area contributed by atoms with E-state index in [1.165, 1.54) is 6.07 Å². The van der Waals surface area contributed by atoms with E-state index in [2.05, 4.69) is 31.5 Å². The van der Waals surface area contributed by atoms with Crippen LogP contribution in [0.1, 0.15) is 33.9 Å². The summed E-state index contributed by atoms with van der Waals surface area (Å²) in [4.78, 5) is 21.2. The molecule has 4 N–H and O–H groups in total. The number of carbonyl (C=O) groups is 1. The molecule has 1 aromatic heterocycles. The van der Waals surface area contributed by atoms with Crippen LogP contribution in [0, 0.1) is 32.5 Å². The van der Waals surface area contributed by atoms with Crippen LogP contribution in [-0.4, -0.2) is 35.5 Å². The van der Waals surface area contributed by atoms with Crippen molar-refractivity contribution in [1.29, 1.82) is 0 Å². The summed E-state index contributed by atoms with van der Waals surface area (Å²) in [5.74, 6) is 0.208. The highest BCUT2D eigenvalue weighted by atomic mass is 19.1. The van der Waals surface area contributed by atoms with E-state index in [4.69, 9.17) is 0 Å². The molecule has 0 spiro atoms. The molecule has 2 aromatic rings. The number of nitrogens with zero attached hydrogens (tertiary/aromatic N) is 2. The van der Waals surface area contributed by atoms with Crippen LogP contribution in [0.2, 0.25) is 0 Å². The van der Waals surface area contributed by atoms with E-state index in [-0.39, 0.29) is 11.5 Å². The minimum atomic E-state index is -0.529. The smallest absolute Gasteiger partial charge is 0.293 e. The van der Waals surface area contributed by atoms with Crippen LogP contribution in [-0.2, 0) is 0 Å². The van der Waals surface area contributed by atoms with Gasteiger partial charge in [0.25, 0.3) is 5.91 Å². The molecule has 1 amide bonds. The molecule has 1 fully saturated rings. The summed E-state index contributed by atoms with van der Waals surface area (Å²) >= 11 is 0. The number of rotatable bonds is 6. The Hall–Kier alpha value is -2.58. The molecule has 0 saturated carbocycles. The number of anilines is 2. The Kier molecular flexibility index (Phi) is 5.98. The lowest BCUT2D eigenvalue weighted by molar-refractivity contribution is 0.101. The Labute approximate surface area is 158 Å². The molecular weight excluding hydrogens is 347 g/mol. The zero-order valence-electron chi connectivity index (χ0n) is 15.8. The van der Waals surface area contributed by atoms with E-state index in [0.717, 1.165) is 31.6 Å². The van der Waals surface area contributed by atoms with Crippen molar-refractivity contribution in [2.45, 2.75) is 27.2 Å². The van der Waals surface area contributed by atoms with Crippen LogP contribution in [0.15, 0.2) is 18.2 Å². The standard InChI is InChI=1S/C19H25FN6O/c1-11-5-4-6-15(20)16(11)25-19(27)18-24-13(3)12(2)17(26-18)21-8-7-14-9-22-23-10-14/h4-6,14,22-23H,7-10H2,1-3H3,(H,25,27)(H,21,24,26). The number of hydrazine groups is 1. The molecule has 0 atom stereocenters. The van der Waals surface area contributed by atoms with Gasteiger partial charge in [-0.2, -0.15) is 0 Å². The molecular formula is C19H25FN6O. The van der Waals surface area contributed by atoms with E-state index in [0.29, 0.717) is 23.0 Å². The minimum Gasteiger partial charge on any atom is -0.370 e. The molecule has 8 heteroatoms. The van der Waals surface area contributed by atoms with E-state index in [1.54, 1.807) is 19.1 Å². The molecule has 144 valence electrons. The van der Waals surface area contributed by atoms with Gasteiger partial charge in [0.15, 0.2) is 0 Å². The van der Waals surface area contributed by atoms with Gasteiger partial charge in [-0.1, -0.05) is 12.1 Å². The average molecular weight is 372 g/mol. The van der Waals surface area contributed by atoms with Crippen molar-refractivity contribution in [2.24, 2.45) is 5.92 Å². The number of benzene rings is 1. The summed E-state index contributed by atoms with van der Waals surface area (Å²) < 4.78 is 14.0. The molecule has 1 aliphatic rings. The number of aryl methyl sites for hydroxylation is 2. The van der Waals surface area contributed by atoms with Crippen molar-refractivity contribution < 1.29 is 9.18 Å². The molecule has 1 aromatic carbocycles. The first kappa shape index (κ1) is 19.2. The second kappa shape index (κ2) is 8.41. The lowest BCUT2D eigenvalue weighted by Crippen LogP contribution is -2.21. The fraction of sp³-hybridized carbons (Fsp3) is 0.421. The Morgan fingerprint density at radius 2 is 1.96 bits per heavy atom. The maximum absolute atomic E-state index is 14.0. The molecule has 0 bridgehead atoms. The third-order valence-electron chi connectivity index (χ3n) is 4.80. The summed E-state index contributed by atoms with van der Waals surface area (Å²) in [7, 11) is 0. The number of nitrogens with one attached hydrogen (secondary N) is 4. The van der Waals surface area contributed by atoms with Gasteiger partial charge in [0, 0.05) is 30.9 Å². The number of aromatic nitrogens is 2. The van der Waals surface area contributed by atoms with Gasteiger partial charge in [-0.25, -0.2) is 14.4 Å². The van der Waals surface area contributed by atoms with Gasteiger partial charge in [0.1, 0.15) is 11.6 Å². The molecule has 1 saturated heterocycles. The van der Waals surface area contributed by atoms with Crippen molar-refractivity contribution >= 4 is 17.4 Å². The predicted molar refractivity (Wildman–Crippen MR) is 103 cm³/mol. The number of hydrogen-bond acceptors (Lipinski definition) is 6. The quantitative estimate of drug-likeness (QED) is 0.622. The second-order valence-corrected chi connectivity index (χ2v) is 6.84. The summed E-state index contributed by atoms with van der Waals surface area (Å²) in [5.41, 5.74) is 8.63. The monoisotopic (exact) mass is 372 g/mol. The van der Waals surface area contributed by atoms with Crippen LogP contribution in [0.5, 0.6) is 0 Å². The topological polar surface area (TPSA) is 91.0 Å². The Balaban J connectivity index is 1.73. The SMILES string of the molecule is Cc1cccc(F)c1NC(=O)c1nc(C)c(C)c(NCCC2CNNC2)n1. The highest BCUT2D eigenvalue weighted by Crippen LogP contribution is 2.20. The molecule has 1 aliphatic heterocycles. The van der Waals surface area contributed by atoms with Crippen LogP contribution in [0.3, 0.4) is 0 Å². The zero-order valence-corrected chi connectivity index (χ0v) is 15.8. The first-order chi connectivity index (χ1) is 13.0. The van der Waals surface area contributed by atoms with Crippen molar-refractivity contribution in [1.82, 2.24) is 20.8 Å². The zero-order chi connectivity index (χ0) is 19.4. The van der Waals surface area contributed by atoms with Crippen molar-refractivity contribution in [2.75, 3.05) is 30.3 Å². The molecule has 7 nitrogen and oxygen atoms in total. The molecule has 0 unspecified atom stereocenters. The normalized spacial score (nSPS) is 14.4. The number of para-hydroxylation sites is 1. The van der Waals surface area contributed by atoms with Crippen LogP contribution < -0.4 is 21.5 Å². The average Bonchev–Trinajstić information content (AvgIpc) is 3.15. The Bertz CT molecular complexity index is 815. The predicted octanol–water partition coefficient (Wildman–Crippen LogP) is 2.32. The summed E-state index contributed by atoms with van der Waals surface area (Å²) in [6, 6.07) is 4.65. The number of amides is 1. The van der Waals surface area contributed by atoms with E-state index >= 15 is 0 Å². The lowest BCUT2D eigenvalue weighted by Gasteiger charge is -2.14. The van der Waals surface area contributed by atoms with Crippen LogP contribution in [0.25, 0.3) is 0 Å². The third-order valence-corrected chi connectivity index (χ3v) is 4.80. The Morgan fingerprint density at radius 3 is 2.67 bits per heavy atom. The van der Waals surface area contributed by atoms with Crippen molar-refractivity contribution in [3.63, 3.8) is 0 Å². The van der Waals surface area contributed by atoms with Gasteiger partial charge in [0.05, 0.1) is 5.69 Å². The lowest BCUT2D eigenvalue weighted by atomic mass is 10.1. The number of halogens is 1. The van der Waals surface area contributed by atoms with Gasteiger partial charge in [-0.3, -0.25) is 15.6 Å². The number of hydrogen-bond donors (Lipinski definition) is 4. The number of carbonyl (C=O) groups excluding carboxylic acids is 1. The second-order valence-electron chi connectivity index (χ2n) is 6.84. The van der Waals surface area contributed by atoms with Gasteiger partial charge in [0.2, 0.25) is 5.82 Å². The molecule has 3 rings (SSSR count). The van der Waals surface area contributed by atoms with Gasteiger partial charge < -0.3 is 10.6 Å². The van der Waals surface area contributed by atoms with Gasteiger partial charge >= 0.3 is 0 Å². The molecule has 2 heterocycles. The van der Waals surface area contributed by atoms with Gasteiger partial charge in [-0.05, 0) is 44.7 Å². The molecule has 0 aliphatic carbocycles. The van der Waals surface area contributed by atoms with E-state index < -0.39 is 11.7 Å².